The SMILES string of the molecule is CCCSCC(N)C(N)=O. The maximum atomic E-state index is 10.4. The molecule has 1 amide bonds. The van der Waals surface area contributed by atoms with Gasteiger partial charge in [0.25, 0.3) is 0 Å². The van der Waals surface area contributed by atoms with Crippen LogP contribution in [0.25, 0.3) is 0 Å². The number of amides is 1. The zero-order valence-corrected chi connectivity index (χ0v) is 6.99. The molecule has 0 aromatic heterocycles. The van der Waals surface area contributed by atoms with Crippen LogP contribution in [0.3, 0.4) is 0 Å². The largest absolute Gasteiger partial charge is 0.368 e. The highest BCUT2D eigenvalue weighted by atomic mass is 32.2. The summed E-state index contributed by atoms with van der Waals surface area (Å²) in [5, 5.41) is 0. The molecule has 0 aliphatic carbocycles. The molecular weight excluding hydrogens is 148 g/mol. The third-order valence-electron chi connectivity index (χ3n) is 1.01. The second kappa shape index (κ2) is 5.56. The molecule has 0 rings (SSSR count). The van der Waals surface area contributed by atoms with Crippen molar-refractivity contribution in [3.63, 3.8) is 0 Å². The van der Waals surface area contributed by atoms with Crippen LogP contribution in [0, 0.1) is 0 Å². The van der Waals surface area contributed by atoms with Crippen molar-refractivity contribution in [2.45, 2.75) is 19.4 Å². The van der Waals surface area contributed by atoms with Gasteiger partial charge in [0, 0.05) is 5.75 Å². The van der Waals surface area contributed by atoms with Gasteiger partial charge in [-0.3, -0.25) is 4.79 Å². The summed E-state index contributed by atoms with van der Waals surface area (Å²) in [6.45, 7) is 2.09. The van der Waals surface area contributed by atoms with Crippen molar-refractivity contribution in [1.82, 2.24) is 0 Å². The van der Waals surface area contributed by atoms with Crippen LogP contribution in [0.2, 0.25) is 0 Å². The van der Waals surface area contributed by atoms with E-state index in [1.54, 1.807) is 11.8 Å². The van der Waals surface area contributed by atoms with E-state index >= 15 is 0 Å². The second-order valence-corrected chi connectivity index (χ2v) is 3.23. The molecule has 4 N–H and O–H groups in total. The van der Waals surface area contributed by atoms with Crippen LogP contribution in [-0.2, 0) is 4.79 Å². The molecule has 1 atom stereocenters. The summed E-state index contributed by atoms with van der Waals surface area (Å²) >= 11 is 1.66. The summed E-state index contributed by atoms with van der Waals surface area (Å²) in [7, 11) is 0. The maximum Gasteiger partial charge on any atom is 0.235 e. The Kier molecular flexibility index (Phi) is 5.43. The number of carbonyl (C=O) groups is 1. The van der Waals surface area contributed by atoms with Crippen LogP contribution in [0.4, 0.5) is 0 Å². The molecule has 4 heteroatoms. The summed E-state index contributed by atoms with van der Waals surface area (Å²) in [5.41, 5.74) is 10.3. The number of primary amides is 1. The van der Waals surface area contributed by atoms with E-state index in [0.29, 0.717) is 5.75 Å². The zero-order valence-electron chi connectivity index (χ0n) is 6.17. The predicted molar refractivity (Wildman–Crippen MR) is 44.8 cm³/mol. The smallest absolute Gasteiger partial charge is 0.235 e. The number of hydrogen-bond donors (Lipinski definition) is 2. The Balaban J connectivity index is 3.21. The van der Waals surface area contributed by atoms with Gasteiger partial charge in [0.05, 0.1) is 6.04 Å². The lowest BCUT2D eigenvalue weighted by molar-refractivity contribution is -0.118. The topological polar surface area (TPSA) is 69.1 Å². The van der Waals surface area contributed by atoms with E-state index in [1.165, 1.54) is 0 Å². The molecule has 0 aliphatic rings. The Morgan fingerprint density at radius 3 is 2.70 bits per heavy atom. The number of hydrogen-bond acceptors (Lipinski definition) is 3. The van der Waals surface area contributed by atoms with E-state index in [-0.39, 0.29) is 0 Å². The van der Waals surface area contributed by atoms with Crippen LogP contribution in [0.1, 0.15) is 13.3 Å². The Morgan fingerprint density at radius 2 is 2.30 bits per heavy atom. The van der Waals surface area contributed by atoms with Crippen molar-refractivity contribution in [3.05, 3.63) is 0 Å². The average molecular weight is 162 g/mol. The first kappa shape index (κ1) is 9.78. The molecule has 0 radical (unpaired) electrons. The summed E-state index contributed by atoms with van der Waals surface area (Å²) in [5.74, 6) is 1.27. The zero-order chi connectivity index (χ0) is 7.98. The minimum absolute atomic E-state index is 0.413. The van der Waals surface area contributed by atoms with Crippen LogP contribution in [0.5, 0.6) is 0 Å². The van der Waals surface area contributed by atoms with Crippen molar-refractivity contribution >= 4 is 17.7 Å². The third-order valence-corrected chi connectivity index (χ3v) is 2.30. The lowest BCUT2D eigenvalue weighted by Crippen LogP contribution is -2.38. The summed E-state index contributed by atoms with van der Waals surface area (Å²) in [6, 6.07) is -0.475. The first-order valence-corrected chi connectivity index (χ1v) is 4.46. The van der Waals surface area contributed by atoms with Gasteiger partial charge in [0.2, 0.25) is 5.91 Å². The minimum Gasteiger partial charge on any atom is -0.368 e. The Bertz CT molecular complexity index is 108. The molecule has 1 unspecified atom stereocenters. The maximum absolute atomic E-state index is 10.4. The van der Waals surface area contributed by atoms with E-state index in [9.17, 15) is 4.79 Å². The van der Waals surface area contributed by atoms with Gasteiger partial charge in [0.1, 0.15) is 0 Å². The minimum atomic E-state index is -0.475. The average Bonchev–Trinajstić information content (AvgIpc) is 1.88. The Hall–Kier alpha value is -0.220. The van der Waals surface area contributed by atoms with Gasteiger partial charge >= 0.3 is 0 Å². The van der Waals surface area contributed by atoms with Crippen LogP contribution in [0.15, 0.2) is 0 Å². The van der Waals surface area contributed by atoms with E-state index in [4.69, 9.17) is 11.5 Å². The number of nitrogens with two attached hydrogens (primary N) is 2. The summed E-state index contributed by atoms with van der Waals surface area (Å²) in [4.78, 5) is 10.4. The van der Waals surface area contributed by atoms with Crippen LogP contribution in [-0.4, -0.2) is 23.5 Å². The van der Waals surface area contributed by atoms with Crippen molar-refractivity contribution in [1.29, 1.82) is 0 Å². The summed E-state index contributed by atoms with van der Waals surface area (Å²) < 4.78 is 0. The van der Waals surface area contributed by atoms with E-state index < -0.39 is 11.9 Å². The van der Waals surface area contributed by atoms with E-state index in [0.717, 1.165) is 12.2 Å². The van der Waals surface area contributed by atoms with E-state index in [1.807, 2.05) is 0 Å². The van der Waals surface area contributed by atoms with Crippen molar-refractivity contribution < 1.29 is 4.79 Å². The van der Waals surface area contributed by atoms with Crippen molar-refractivity contribution in [2.24, 2.45) is 11.5 Å². The summed E-state index contributed by atoms with van der Waals surface area (Å²) in [6.07, 6.45) is 1.11. The van der Waals surface area contributed by atoms with Gasteiger partial charge in [-0.1, -0.05) is 6.92 Å². The molecule has 0 aromatic rings. The Labute approximate surface area is 65.5 Å². The van der Waals surface area contributed by atoms with Crippen molar-refractivity contribution in [3.8, 4) is 0 Å². The highest BCUT2D eigenvalue weighted by Gasteiger charge is 2.07. The molecule has 0 aromatic carbocycles. The first-order chi connectivity index (χ1) is 4.68. The predicted octanol–water partition coefficient (Wildman–Crippen LogP) is -0.0578. The van der Waals surface area contributed by atoms with Gasteiger partial charge in [-0.25, -0.2) is 0 Å². The van der Waals surface area contributed by atoms with Crippen molar-refractivity contribution in [2.75, 3.05) is 11.5 Å². The normalized spacial score (nSPS) is 13.0. The van der Waals surface area contributed by atoms with Gasteiger partial charge in [-0.2, -0.15) is 11.8 Å². The van der Waals surface area contributed by atoms with Gasteiger partial charge < -0.3 is 11.5 Å². The molecule has 0 spiro atoms. The van der Waals surface area contributed by atoms with Gasteiger partial charge in [-0.15, -0.1) is 0 Å². The fourth-order valence-electron chi connectivity index (χ4n) is 0.437. The molecule has 0 aliphatic heterocycles. The Morgan fingerprint density at radius 1 is 1.70 bits per heavy atom. The van der Waals surface area contributed by atoms with E-state index in [2.05, 4.69) is 6.92 Å². The molecule has 0 fully saturated rings. The fourth-order valence-corrected chi connectivity index (χ4v) is 1.31. The molecule has 60 valence electrons. The second-order valence-electron chi connectivity index (χ2n) is 2.08. The lowest BCUT2D eigenvalue weighted by Gasteiger charge is -2.04. The molecule has 0 bridgehead atoms. The number of rotatable bonds is 5. The van der Waals surface area contributed by atoms with Crippen LogP contribution < -0.4 is 11.5 Å². The molecule has 10 heavy (non-hydrogen) atoms. The van der Waals surface area contributed by atoms with Gasteiger partial charge in [0.15, 0.2) is 0 Å². The monoisotopic (exact) mass is 162 g/mol. The first-order valence-electron chi connectivity index (χ1n) is 3.31. The molecule has 0 heterocycles. The lowest BCUT2D eigenvalue weighted by atomic mass is 10.3. The third kappa shape index (κ3) is 4.64. The quantitative estimate of drug-likeness (QED) is 0.556. The standard InChI is InChI=1S/C6H14N2OS/c1-2-3-10-4-5(7)6(8)9/h5H,2-4,7H2,1H3,(H2,8,9). The highest BCUT2D eigenvalue weighted by Crippen LogP contribution is 2.02. The fraction of sp³-hybridized carbons (Fsp3) is 0.833. The molecular formula is C6H14N2OS. The molecule has 0 saturated carbocycles. The number of carbonyl (C=O) groups excluding carboxylic acids is 1. The molecule has 0 saturated heterocycles. The highest BCUT2D eigenvalue weighted by molar-refractivity contribution is 7.99. The number of thioether (sulfide) groups is 1. The van der Waals surface area contributed by atoms with Gasteiger partial charge in [-0.05, 0) is 12.2 Å². The van der Waals surface area contributed by atoms with Crippen LogP contribution >= 0.6 is 11.8 Å². The molecule has 3 nitrogen and oxygen atoms in total.